The summed E-state index contributed by atoms with van der Waals surface area (Å²) < 4.78 is 0. The van der Waals surface area contributed by atoms with Crippen LogP contribution in [0.15, 0.2) is 53.8 Å². The summed E-state index contributed by atoms with van der Waals surface area (Å²) in [5.41, 5.74) is 3.58. The number of para-hydroxylation sites is 2. The smallest absolute Gasteiger partial charge is 0.240 e. The average molecular weight is 368 g/mol. The van der Waals surface area contributed by atoms with E-state index in [0.29, 0.717) is 24.2 Å². The molecule has 1 aromatic carbocycles. The molecule has 0 saturated heterocycles. The fourth-order valence-electron chi connectivity index (χ4n) is 2.40. The van der Waals surface area contributed by atoms with Gasteiger partial charge >= 0.3 is 0 Å². The van der Waals surface area contributed by atoms with Crippen LogP contribution in [0.2, 0.25) is 0 Å². The van der Waals surface area contributed by atoms with Crippen molar-refractivity contribution in [3.8, 4) is 5.75 Å². The lowest BCUT2D eigenvalue weighted by Gasteiger charge is -2.06. The van der Waals surface area contributed by atoms with Crippen LogP contribution in [-0.4, -0.2) is 28.1 Å². The van der Waals surface area contributed by atoms with Crippen LogP contribution < -0.4 is 10.7 Å². The molecular weight excluding hydrogens is 344 g/mol. The van der Waals surface area contributed by atoms with Crippen molar-refractivity contribution in [1.82, 2.24) is 10.4 Å². The predicted octanol–water partition coefficient (Wildman–Crippen LogP) is 3.22. The SMILES string of the molecule is O=C(CCCCCCC(=O)Nc1ccccc1O)N/N=C/c1ccccn1. The van der Waals surface area contributed by atoms with E-state index in [4.69, 9.17) is 0 Å². The molecule has 0 aliphatic carbocycles. The summed E-state index contributed by atoms with van der Waals surface area (Å²) in [6.45, 7) is 0. The lowest BCUT2D eigenvalue weighted by atomic mass is 10.1. The number of phenolic OH excluding ortho intramolecular Hbond substituents is 1. The summed E-state index contributed by atoms with van der Waals surface area (Å²) >= 11 is 0. The lowest BCUT2D eigenvalue weighted by Crippen LogP contribution is -2.17. The molecule has 0 unspecified atom stereocenters. The molecule has 7 heteroatoms. The second kappa shape index (κ2) is 11.4. The first kappa shape index (κ1) is 20.1. The zero-order valence-corrected chi connectivity index (χ0v) is 15.1. The Bertz CT molecular complexity index is 763. The molecule has 0 atom stereocenters. The van der Waals surface area contributed by atoms with Crippen molar-refractivity contribution >= 4 is 23.7 Å². The number of unbranched alkanes of at least 4 members (excludes halogenated alkanes) is 3. The van der Waals surface area contributed by atoms with Crippen molar-refractivity contribution in [3.05, 3.63) is 54.4 Å². The zero-order valence-electron chi connectivity index (χ0n) is 15.1. The van der Waals surface area contributed by atoms with Crippen LogP contribution in [0, 0.1) is 0 Å². The number of phenols is 1. The van der Waals surface area contributed by atoms with Crippen LogP contribution in [0.1, 0.15) is 44.2 Å². The van der Waals surface area contributed by atoms with E-state index in [2.05, 4.69) is 20.8 Å². The predicted molar refractivity (Wildman–Crippen MR) is 104 cm³/mol. The van der Waals surface area contributed by atoms with Crippen LogP contribution in [0.4, 0.5) is 5.69 Å². The molecule has 7 nitrogen and oxygen atoms in total. The van der Waals surface area contributed by atoms with Gasteiger partial charge in [0.05, 0.1) is 17.6 Å². The number of aromatic nitrogens is 1. The van der Waals surface area contributed by atoms with E-state index >= 15 is 0 Å². The number of benzene rings is 1. The number of hydrogen-bond acceptors (Lipinski definition) is 5. The van der Waals surface area contributed by atoms with Gasteiger partial charge in [0.25, 0.3) is 0 Å². The number of amides is 2. The number of hydrogen-bond donors (Lipinski definition) is 3. The maximum absolute atomic E-state index is 11.8. The van der Waals surface area contributed by atoms with E-state index in [-0.39, 0.29) is 17.6 Å². The second-order valence-corrected chi connectivity index (χ2v) is 6.03. The Morgan fingerprint density at radius 3 is 2.37 bits per heavy atom. The average Bonchev–Trinajstić information content (AvgIpc) is 2.67. The zero-order chi connectivity index (χ0) is 19.3. The Morgan fingerprint density at radius 2 is 1.67 bits per heavy atom. The molecule has 0 bridgehead atoms. The van der Waals surface area contributed by atoms with Crippen molar-refractivity contribution in [2.75, 3.05) is 5.32 Å². The monoisotopic (exact) mass is 368 g/mol. The summed E-state index contributed by atoms with van der Waals surface area (Å²) in [6.07, 6.45) is 7.14. The lowest BCUT2D eigenvalue weighted by molar-refractivity contribution is -0.121. The van der Waals surface area contributed by atoms with Crippen molar-refractivity contribution in [3.63, 3.8) is 0 Å². The van der Waals surface area contributed by atoms with Crippen LogP contribution >= 0.6 is 0 Å². The van der Waals surface area contributed by atoms with Crippen molar-refractivity contribution in [1.29, 1.82) is 0 Å². The first-order chi connectivity index (χ1) is 13.1. The highest BCUT2D eigenvalue weighted by atomic mass is 16.3. The molecule has 0 radical (unpaired) electrons. The van der Waals surface area contributed by atoms with Gasteiger partial charge in [-0.25, -0.2) is 5.43 Å². The quantitative estimate of drug-likeness (QED) is 0.259. The van der Waals surface area contributed by atoms with E-state index < -0.39 is 0 Å². The molecular formula is C20H24N4O3. The Balaban J connectivity index is 1.51. The minimum Gasteiger partial charge on any atom is -0.506 e. The molecule has 1 heterocycles. The fraction of sp³-hybridized carbons (Fsp3) is 0.300. The first-order valence-corrected chi connectivity index (χ1v) is 8.96. The molecule has 0 saturated carbocycles. The normalized spacial score (nSPS) is 10.7. The molecule has 3 N–H and O–H groups in total. The number of nitrogens with one attached hydrogen (secondary N) is 2. The Morgan fingerprint density at radius 1 is 0.963 bits per heavy atom. The van der Waals surface area contributed by atoms with Gasteiger partial charge in [-0.2, -0.15) is 5.10 Å². The molecule has 0 aliphatic rings. The largest absolute Gasteiger partial charge is 0.506 e. The first-order valence-electron chi connectivity index (χ1n) is 8.96. The summed E-state index contributed by atoms with van der Waals surface area (Å²) in [4.78, 5) is 27.6. The maximum Gasteiger partial charge on any atom is 0.240 e. The maximum atomic E-state index is 11.8. The van der Waals surface area contributed by atoms with Gasteiger partial charge in [-0.15, -0.1) is 0 Å². The number of pyridine rings is 1. The Kier molecular flexibility index (Phi) is 8.49. The highest BCUT2D eigenvalue weighted by Crippen LogP contribution is 2.21. The van der Waals surface area contributed by atoms with Crippen molar-refractivity contribution < 1.29 is 14.7 Å². The third-order valence-electron chi connectivity index (χ3n) is 3.81. The molecule has 0 aliphatic heterocycles. The molecule has 0 spiro atoms. The summed E-state index contributed by atoms with van der Waals surface area (Å²) in [5, 5.41) is 16.2. The van der Waals surface area contributed by atoms with Crippen molar-refractivity contribution in [2.45, 2.75) is 38.5 Å². The fourth-order valence-corrected chi connectivity index (χ4v) is 2.40. The number of carbonyl (C=O) groups is 2. The minimum atomic E-state index is -0.139. The summed E-state index contributed by atoms with van der Waals surface area (Å²) in [6, 6.07) is 12.1. The van der Waals surface area contributed by atoms with E-state index in [0.717, 1.165) is 25.7 Å². The number of anilines is 1. The Labute approximate surface area is 158 Å². The number of carbonyl (C=O) groups excluding carboxylic acids is 2. The highest BCUT2D eigenvalue weighted by molar-refractivity contribution is 5.92. The highest BCUT2D eigenvalue weighted by Gasteiger charge is 2.05. The standard InChI is InChI=1S/C20H24N4O3/c25-18-11-6-5-10-17(18)23-19(26)12-3-1-2-4-13-20(27)24-22-15-16-9-7-8-14-21-16/h5-11,14-15,25H,1-4,12-13H2,(H,23,26)(H,24,27)/b22-15+. The third-order valence-corrected chi connectivity index (χ3v) is 3.81. The van der Waals surface area contributed by atoms with Gasteiger partial charge in [0.1, 0.15) is 5.75 Å². The third kappa shape index (κ3) is 8.13. The summed E-state index contributed by atoms with van der Waals surface area (Å²) in [5.74, 6) is -0.208. The van der Waals surface area contributed by atoms with E-state index in [1.54, 1.807) is 30.5 Å². The number of hydrazone groups is 1. The Hall–Kier alpha value is -3.22. The molecule has 2 aromatic rings. The molecule has 0 fully saturated rings. The van der Waals surface area contributed by atoms with Gasteiger partial charge in [0.2, 0.25) is 11.8 Å². The molecule has 142 valence electrons. The van der Waals surface area contributed by atoms with Gasteiger partial charge in [0.15, 0.2) is 0 Å². The molecule has 2 amide bonds. The van der Waals surface area contributed by atoms with E-state index in [9.17, 15) is 14.7 Å². The van der Waals surface area contributed by atoms with Crippen LogP contribution in [-0.2, 0) is 9.59 Å². The number of aromatic hydroxyl groups is 1. The minimum absolute atomic E-state index is 0.0579. The van der Waals surface area contributed by atoms with Crippen LogP contribution in [0.25, 0.3) is 0 Å². The van der Waals surface area contributed by atoms with Crippen molar-refractivity contribution in [2.24, 2.45) is 5.10 Å². The number of rotatable bonds is 10. The van der Waals surface area contributed by atoms with Gasteiger partial charge in [0, 0.05) is 19.0 Å². The molecule has 1 aromatic heterocycles. The molecule has 2 rings (SSSR count). The van der Waals surface area contributed by atoms with E-state index in [1.165, 1.54) is 12.3 Å². The number of nitrogens with zero attached hydrogens (tertiary/aromatic N) is 2. The van der Waals surface area contributed by atoms with Crippen LogP contribution in [0.5, 0.6) is 5.75 Å². The summed E-state index contributed by atoms with van der Waals surface area (Å²) in [7, 11) is 0. The van der Waals surface area contributed by atoms with Gasteiger partial charge < -0.3 is 10.4 Å². The second-order valence-electron chi connectivity index (χ2n) is 6.03. The van der Waals surface area contributed by atoms with Gasteiger partial charge in [-0.1, -0.05) is 31.0 Å². The molecule has 27 heavy (non-hydrogen) atoms. The van der Waals surface area contributed by atoms with Gasteiger partial charge in [-0.05, 0) is 37.1 Å². The van der Waals surface area contributed by atoms with E-state index in [1.807, 2.05) is 12.1 Å². The van der Waals surface area contributed by atoms with Crippen LogP contribution in [0.3, 0.4) is 0 Å². The van der Waals surface area contributed by atoms with Gasteiger partial charge in [-0.3, -0.25) is 14.6 Å². The topological polar surface area (TPSA) is 104 Å².